The molecule has 1 aliphatic heterocycles. The van der Waals surface area contributed by atoms with Crippen LogP contribution in [0.4, 0.5) is 29.5 Å². The summed E-state index contributed by atoms with van der Waals surface area (Å²) in [4.78, 5) is 17.3. The Morgan fingerprint density at radius 3 is 2.62 bits per heavy atom. The van der Waals surface area contributed by atoms with Crippen LogP contribution >= 0.6 is 0 Å². The van der Waals surface area contributed by atoms with Crippen molar-refractivity contribution in [2.24, 2.45) is 0 Å². The maximum atomic E-state index is 12.6. The number of rotatable bonds is 2. The summed E-state index contributed by atoms with van der Waals surface area (Å²) in [5.41, 5.74) is 4.08. The number of likely N-dealkylation sites (tertiary alicyclic amines) is 1. The van der Waals surface area contributed by atoms with E-state index in [0.717, 1.165) is 12.3 Å². The number of alkyl halides is 3. The third-order valence-electron chi connectivity index (χ3n) is 3.43. The van der Waals surface area contributed by atoms with Crippen LogP contribution in [0.5, 0.6) is 0 Å². The van der Waals surface area contributed by atoms with Crippen LogP contribution in [0.3, 0.4) is 0 Å². The number of nitrogens with one attached hydrogen (secondary N) is 1. The second-order valence-corrected chi connectivity index (χ2v) is 6.72. The van der Waals surface area contributed by atoms with Gasteiger partial charge in [-0.05, 0) is 33.3 Å². The van der Waals surface area contributed by atoms with E-state index >= 15 is 0 Å². The van der Waals surface area contributed by atoms with Gasteiger partial charge in [-0.3, -0.25) is 0 Å². The van der Waals surface area contributed by atoms with E-state index in [1.165, 1.54) is 0 Å². The second kappa shape index (κ2) is 6.37. The topological polar surface area (TPSA) is 80.5 Å². The predicted octanol–water partition coefficient (Wildman–Crippen LogP) is 3.10. The summed E-state index contributed by atoms with van der Waals surface area (Å²) in [6, 6.07) is 0.694. The van der Waals surface area contributed by atoms with Crippen LogP contribution in [0.2, 0.25) is 0 Å². The number of aromatic nitrogens is 1. The molecule has 2 rings (SSSR count). The summed E-state index contributed by atoms with van der Waals surface area (Å²) >= 11 is 0. The SMILES string of the molecule is CC(C)(C)OC(=O)N1CC[C@@H](Nc2ncc(C(F)(F)F)cc2N)C1. The second-order valence-electron chi connectivity index (χ2n) is 6.72. The summed E-state index contributed by atoms with van der Waals surface area (Å²) in [7, 11) is 0. The third kappa shape index (κ3) is 4.65. The number of nitrogens with two attached hydrogens (primary N) is 1. The van der Waals surface area contributed by atoms with Crippen LogP contribution in [0, 0.1) is 0 Å². The van der Waals surface area contributed by atoms with E-state index in [2.05, 4.69) is 10.3 Å². The van der Waals surface area contributed by atoms with Crippen molar-refractivity contribution < 1.29 is 22.7 Å². The van der Waals surface area contributed by atoms with Gasteiger partial charge in [0, 0.05) is 25.3 Å². The van der Waals surface area contributed by atoms with E-state index in [-0.39, 0.29) is 17.5 Å². The lowest BCUT2D eigenvalue weighted by Gasteiger charge is -2.24. The predicted molar refractivity (Wildman–Crippen MR) is 83.5 cm³/mol. The smallest absolute Gasteiger partial charge is 0.417 e. The Labute approximate surface area is 138 Å². The number of hydrogen-bond donors (Lipinski definition) is 2. The van der Waals surface area contributed by atoms with E-state index in [1.807, 2.05) is 0 Å². The minimum atomic E-state index is -4.49. The molecule has 0 aromatic carbocycles. The van der Waals surface area contributed by atoms with E-state index in [0.29, 0.717) is 19.5 Å². The molecular weight excluding hydrogens is 325 g/mol. The van der Waals surface area contributed by atoms with Crippen molar-refractivity contribution in [3.05, 3.63) is 17.8 Å². The van der Waals surface area contributed by atoms with Crippen molar-refractivity contribution in [1.82, 2.24) is 9.88 Å². The number of halogens is 3. The van der Waals surface area contributed by atoms with Crippen LogP contribution in [0.1, 0.15) is 32.8 Å². The van der Waals surface area contributed by atoms with Gasteiger partial charge < -0.3 is 20.7 Å². The Morgan fingerprint density at radius 1 is 1.42 bits per heavy atom. The number of carbonyl (C=O) groups is 1. The molecule has 1 aromatic heterocycles. The first-order valence-corrected chi connectivity index (χ1v) is 7.53. The number of amides is 1. The third-order valence-corrected chi connectivity index (χ3v) is 3.43. The van der Waals surface area contributed by atoms with Gasteiger partial charge in [-0.2, -0.15) is 13.2 Å². The van der Waals surface area contributed by atoms with Crippen LogP contribution in [0.25, 0.3) is 0 Å². The van der Waals surface area contributed by atoms with Crippen molar-refractivity contribution in [2.45, 2.75) is 45.0 Å². The van der Waals surface area contributed by atoms with E-state index < -0.39 is 23.4 Å². The molecule has 134 valence electrons. The molecule has 1 amide bonds. The number of hydrogen-bond acceptors (Lipinski definition) is 5. The van der Waals surface area contributed by atoms with Gasteiger partial charge >= 0.3 is 12.3 Å². The molecular formula is C15H21F3N4O2. The average molecular weight is 346 g/mol. The number of nitrogen functional groups attached to an aromatic ring is 1. The van der Waals surface area contributed by atoms with E-state index in [4.69, 9.17) is 10.5 Å². The lowest BCUT2D eigenvalue weighted by Crippen LogP contribution is -2.36. The number of anilines is 2. The molecule has 3 N–H and O–H groups in total. The maximum absolute atomic E-state index is 12.6. The molecule has 9 heteroatoms. The minimum absolute atomic E-state index is 0.0828. The van der Waals surface area contributed by atoms with Gasteiger partial charge in [-0.1, -0.05) is 0 Å². The molecule has 1 fully saturated rings. The largest absolute Gasteiger partial charge is 0.444 e. The van der Waals surface area contributed by atoms with Crippen LogP contribution in [-0.4, -0.2) is 40.7 Å². The number of nitrogens with zero attached hydrogens (tertiary/aromatic N) is 2. The fourth-order valence-electron chi connectivity index (χ4n) is 2.32. The molecule has 0 bridgehead atoms. The van der Waals surface area contributed by atoms with Crippen molar-refractivity contribution >= 4 is 17.6 Å². The zero-order chi connectivity index (χ0) is 18.1. The molecule has 0 saturated carbocycles. The highest BCUT2D eigenvalue weighted by Crippen LogP contribution is 2.32. The zero-order valence-corrected chi connectivity index (χ0v) is 13.8. The Hall–Kier alpha value is -2.19. The molecule has 0 radical (unpaired) electrons. The van der Waals surface area contributed by atoms with Crippen LogP contribution in [0.15, 0.2) is 12.3 Å². The molecule has 2 heterocycles. The van der Waals surface area contributed by atoms with Crippen molar-refractivity contribution in [3.63, 3.8) is 0 Å². The van der Waals surface area contributed by atoms with E-state index in [9.17, 15) is 18.0 Å². The van der Waals surface area contributed by atoms with Gasteiger partial charge in [0.1, 0.15) is 11.4 Å². The monoisotopic (exact) mass is 346 g/mol. The quantitative estimate of drug-likeness (QED) is 0.860. The molecule has 1 aromatic rings. The lowest BCUT2D eigenvalue weighted by molar-refractivity contribution is -0.137. The molecule has 1 aliphatic rings. The Kier molecular flexibility index (Phi) is 4.82. The van der Waals surface area contributed by atoms with Crippen molar-refractivity contribution in [2.75, 3.05) is 24.1 Å². The molecule has 0 unspecified atom stereocenters. The summed E-state index contributed by atoms with van der Waals surface area (Å²) in [6.07, 6.45) is -3.54. The fourth-order valence-corrected chi connectivity index (χ4v) is 2.32. The molecule has 1 atom stereocenters. The molecule has 24 heavy (non-hydrogen) atoms. The summed E-state index contributed by atoms with van der Waals surface area (Å²) in [6.45, 7) is 6.21. The van der Waals surface area contributed by atoms with Gasteiger partial charge in [0.05, 0.1) is 11.3 Å². The van der Waals surface area contributed by atoms with Crippen LogP contribution < -0.4 is 11.1 Å². The van der Waals surface area contributed by atoms with Crippen molar-refractivity contribution in [3.8, 4) is 0 Å². The Bertz CT molecular complexity index is 614. The van der Waals surface area contributed by atoms with Crippen molar-refractivity contribution in [1.29, 1.82) is 0 Å². The first-order valence-electron chi connectivity index (χ1n) is 7.53. The van der Waals surface area contributed by atoms with Gasteiger partial charge in [0.25, 0.3) is 0 Å². The van der Waals surface area contributed by atoms with Gasteiger partial charge in [-0.25, -0.2) is 9.78 Å². The fraction of sp³-hybridized carbons (Fsp3) is 0.600. The number of carbonyl (C=O) groups excluding carboxylic acids is 1. The molecule has 0 spiro atoms. The standard InChI is InChI=1S/C15H21F3N4O2/c1-14(2,3)24-13(23)22-5-4-10(8-22)21-12-11(19)6-9(7-20-12)15(16,17)18/h6-7,10H,4-5,8,19H2,1-3H3,(H,20,21)/t10-/m1/s1. The molecule has 6 nitrogen and oxygen atoms in total. The maximum Gasteiger partial charge on any atom is 0.417 e. The Balaban J connectivity index is 1.97. The summed E-state index contributed by atoms with van der Waals surface area (Å²) in [5.74, 6) is 0.180. The number of ether oxygens (including phenoxy) is 1. The molecule has 0 aliphatic carbocycles. The van der Waals surface area contributed by atoms with Crippen LogP contribution in [-0.2, 0) is 10.9 Å². The summed E-state index contributed by atoms with van der Waals surface area (Å²) < 4.78 is 43.1. The number of pyridine rings is 1. The first-order chi connectivity index (χ1) is 11.0. The highest BCUT2D eigenvalue weighted by atomic mass is 19.4. The van der Waals surface area contributed by atoms with Gasteiger partial charge in [-0.15, -0.1) is 0 Å². The highest BCUT2D eigenvalue weighted by Gasteiger charge is 2.33. The zero-order valence-electron chi connectivity index (χ0n) is 13.8. The van der Waals surface area contributed by atoms with Gasteiger partial charge in [0.15, 0.2) is 0 Å². The average Bonchev–Trinajstić information content (AvgIpc) is 2.86. The Morgan fingerprint density at radius 2 is 2.08 bits per heavy atom. The first kappa shape index (κ1) is 18.2. The van der Waals surface area contributed by atoms with E-state index in [1.54, 1.807) is 25.7 Å². The minimum Gasteiger partial charge on any atom is -0.444 e. The highest BCUT2D eigenvalue weighted by molar-refractivity contribution is 5.69. The summed E-state index contributed by atoms with van der Waals surface area (Å²) in [5, 5.41) is 2.98. The molecule has 1 saturated heterocycles. The van der Waals surface area contributed by atoms with Gasteiger partial charge in [0.2, 0.25) is 0 Å². The lowest BCUT2D eigenvalue weighted by atomic mass is 10.2. The normalized spacial score (nSPS) is 18.6.